The van der Waals surface area contributed by atoms with Crippen LogP contribution in [0, 0.1) is 0 Å². The van der Waals surface area contributed by atoms with Gasteiger partial charge in [0.2, 0.25) is 5.95 Å². The van der Waals surface area contributed by atoms with Crippen molar-refractivity contribution >= 4 is 34.7 Å². The van der Waals surface area contributed by atoms with E-state index in [1.54, 1.807) is 37.3 Å². The molecule has 1 N–H and O–H groups in total. The number of rotatable bonds is 5. The number of hydrogen-bond acceptors (Lipinski definition) is 7. The van der Waals surface area contributed by atoms with E-state index in [0.29, 0.717) is 23.0 Å². The van der Waals surface area contributed by atoms with Gasteiger partial charge in [-0.25, -0.2) is 14.8 Å². The highest BCUT2D eigenvalue weighted by molar-refractivity contribution is 5.98. The zero-order valence-corrected chi connectivity index (χ0v) is 18.7. The van der Waals surface area contributed by atoms with Gasteiger partial charge in [0.1, 0.15) is 17.2 Å². The van der Waals surface area contributed by atoms with Crippen molar-refractivity contribution in [2.75, 3.05) is 26.5 Å². The van der Waals surface area contributed by atoms with E-state index in [0.717, 1.165) is 36.7 Å². The summed E-state index contributed by atoms with van der Waals surface area (Å²) in [4.78, 5) is 39.6. The van der Waals surface area contributed by atoms with Crippen LogP contribution in [0.15, 0.2) is 30.6 Å². The molecule has 9 nitrogen and oxygen atoms in total. The van der Waals surface area contributed by atoms with Gasteiger partial charge >= 0.3 is 5.97 Å². The first-order valence-electron chi connectivity index (χ1n) is 10.9. The lowest BCUT2D eigenvalue weighted by Gasteiger charge is -2.21. The van der Waals surface area contributed by atoms with Crippen LogP contribution in [0.5, 0.6) is 0 Å². The third-order valence-electron chi connectivity index (χ3n) is 5.82. The molecule has 1 saturated carbocycles. The van der Waals surface area contributed by atoms with Crippen LogP contribution in [0.2, 0.25) is 0 Å². The van der Waals surface area contributed by atoms with Crippen LogP contribution in [0.25, 0.3) is 11.0 Å². The Labute approximate surface area is 186 Å². The van der Waals surface area contributed by atoms with Gasteiger partial charge in [0.15, 0.2) is 0 Å². The molecule has 0 radical (unpaired) electrons. The van der Waals surface area contributed by atoms with Gasteiger partial charge in [-0.15, -0.1) is 0 Å². The highest BCUT2D eigenvalue weighted by Gasteiger charge is 2.25. The van der Waals surface area contributed by atoms with E-state index >= 15 is 0 Å². The predicted molar refractivity (Wildman–Crippen MR) is 121 cm³/mol. The van der Waals surface area contributed by atoms with Crippen molar-refractivity contribution in [1.29, 1.82) is 0 Å². The van der Waals surface area contributed by atoms with Gasteiger partial charge in [0.05, 0.1) is 12.7 Å². The smallest absolute Gasteiger partial charge is 0.339 e. The van der Waals surface area contributed by atoms with E-state index in [1.807, 2.05) is 6.07 Å². The molecule has 0 atom stereocenters. The number of pyridine rings is 1. The maximum absolute atomic E-state index is 12.9. The molecular weight excluding hydrogens is 408 g/mol. The first-order chi connectivity index (χ1) is 15.5. The minimum atomic E-state index is -0.443. The number of fused-ring (bicyclic) bond motifs is 1. The fraction of sp³-hybridized carbons (Fsp3) is 0.435. The van der Waals surface area contributed by atoms with Crippen LogP contribution in [0.4, 0.5) is 11.8 Å². The van der Waals surface area contributed by atoms with Crippen LogP contribution in [0.3, 0.4) is 0 Å². The molecule has 1 aliphatic carbocycles. The second-order valence-electron chi connectivity index (χ2n) is 8.27. The number of nitrogens with zero attached hydrogens (tertiary/aromatic N) is 5. The Balaban J connectivity index is 1.71. The summed E-state index contributed by atoms with van der Waals surface area (Å²) in [5.41, 5.74) is 1.75. The summed E-state index contributed by atoms with van der Waals surface area (Å²) >= 11 is 0. The molecule has 3 aromatic rings. The molecule has 4 rings (SSSR count). The molecule has 3 heterocycles. The van der Waals surface area contributed by atoms with Gasteiger partial charge in [0, 0.05) is 37.9 Å². The Morgan fingerprint density at radius 1 is 1.09 bits per heavy atom. The average Bonchev–Trinajstić information content (AvgIpc) is 2.97. The molecule has 3 aromatic heterocycles. The molecule has 0 spiro atoms. The highest BCUT2D eigenvalue weighted by Crippen LogP contribution is 2.33. The van der Waals surface area contributed by atoms with Crippen molar-refractivity contribution in [3.05, 3.63) is 41.9 Å². The van der Waals surface area contributed by atoms with Crippen molar-refractivity contribution < 1.29 is 14.3 Å². The molecule has 0 saturated heterocycles. The monoisotopic (exact) mass is 436 g/mol. The molecule has 0 unspecified atom stereocenters. The lowest BCUT2D eigenvalue weighted by atomic mass is 10.1. The Hall–Kier alpha value is -3.49. The summed E-state index contributed by atoms with van der Waals surface area (Å²) in [7, 11) is 4.86. The number of carbonyl (C=O) groups is 2. The summed E-state index contributed by atoms with van der Waals surface area (Å²) in [6, 6.07) is 5.41. The zero-order chi connectivity index (χ0) is 22.7. The normalized spacial score (nSPS) is 14.7. The largest absolute Gasteiger partial charge is 0.465 e. The van der Waals surface area contributed by atoms with Crippen LogP contribution in [0.1, 0.15) is 65.4 Å². The number of amides is 1. The van der Waals surface area contributed by atoms with Crippen molar-refractivity contribution in [3.8, 4) is 0 Å². The molecule has 1 amide bonds. The lowest BCUT2D eigenvalue weighted by molar-refractivity contribution is 0.0600. The topological polar surface area (TPSA) is 102 Å². The number of anilines is 2. The summed E-state index contributed by atoms with van der Waals surface area (Å²) < 4.78 is 6.80. The molecule has 0 bridgehead atoms. The van der Waals surface area contributed by atoms with E-state index in [4.69, 9.17) is 9.72 Å². The van der Waals surface area contributed by atoms with Gasteiger partial charge in [-0.1, -0.05) is 25.7 Å². The number of ether oxygens (including phenoxy) is 1. The third kappa shape index (κ3) is 4.42. The van der Waals surface area contributed by atoms with Gasteiger partial charge in [-0.05, 0) is 31.0 Å². The minimum absolute atomic E-state index is 0.0400. The molecular formula is C23H28N6O3. The van der Waals surface area contributed by atoms with Crippen LogP contribution < -0.4 is 5.32 Å². The van der Waals surface area contributed by atoms with Crippen LogP contribution in [-0.2, 0) is 4.74 Å². The maximum atomic E-state index is 12.9. The first kappa shape index (κ1) is 21.7. The van der Waals surface area contributed by atoms with Crippen LogP contribution >= 0.6 is 0 Å². The van der Waals surface area contributed by atoms with Crippen molar-refractivity contribution in [2.24, 2.45) is 0 Å². The molecule has 32 heavy (non-hydrogen) atoms. The van der Waals surface area contributed by atoms with E-state index in [2.05, 4.69) is 19.9 Å². The van der Waals surface area contributed by atoms with E-state index in [9.17, 15) is 9.59 Å². The first-order valence-corrected chi connectivity index (χ1v) is 10.9. The van der Waals surface area contributed by atoms with Gasteiger partial charge in [0.25, 0.3) is 5.91 Å². The Morgan fingerprint density at radius 2 is 1.84 bits per heavy atom. The van der Waals surface area contributed by atoms with Crippen molar-refractivity contribution in [3.63, 3.8) is 0 Å². The number of carbonyl (C=O) groups excluding carboxylic acids is 2. The number of methoxy groups -OCH3 is 1. The van der Waals surface area contributed by atoms with E-state index in [1.165, 1.54) is 26.1 Å². The highest BCUT2D eigenvalue weighted by atomic mass is 16.5. The number of aromatic nitrogens is 4. The summed E-state index contributed by atoms with van der Waals surface area (Å²) in [6.45, 7) is 0. The van der Waals surface area contributed by atoms with E-state index in [-0.39, 0.29) is 11.9 Å². The van der Waals surface area contributed by atoms with Gasteiger partial charge in [-0.2, -0.15) is 4.98 Å². The lowest BCUT2D eigenvalue weighted by Crippen LogP contribution is -2.26. The number of esters is 1. The second kappa shape index (κ2) is 9.33. The molecule has 1 fully saturated rings. The zero-order valence-electron chi connectivity index (χ0n) is 18.7. The second-order valence-corrected chi connectivity index (χ2v) is 8.27. The molecule has 168 valence electrons. The van der Waals surface area contributed by atoms with Crippen molar-refractivity contribution in [1.82, 2.24) is 24.4 Å². The number of hydrogen-bond donors (Lipinski definition) is 1. The van der Waals surface area contributed by atoms with E-state index < -0.39 is 5.97 Å². The number of nitrogens with one attached hydrogen (secondary N) is 1. The predicted octanol–water partition coefficient (Wildman–Crippen LogP) is 3.95. The van der Waals surface area contributed by atoms with Gasteiger partial charge in [-0.3, -0.25) is 4.79 Å². The quantitative estimate of drug-likeness (QED) is 0.477. The minimum Gasteiger partial charge on any atom is -0.465 e. The summed E-state index contributed by atoms with van der Waals surface area (Å²) in [5.74, 6) is 0.407. The SMILES string of the molecule is COC(=O)c1ccc(Nc2ncc3cc(C(=O)N(C)C)n(C4CCCCCC4)c3n2)nc1. The average molecular weight is 437 g/mol. The van der Waals surface area contributed by atoms with Gasteiger partial charge < -0.3 is 19.5 Å². The fourth-order valence-electron chi connectivity index (χ4n) is 4.17. The standard InChI is InChI=1S/C23H28N6O3/c1-28(2)21(30)18-12-16-14-25-23(26-19-11-10-15(13-24-19)22(31)32-3)27-20(16)29(18)17-8-6-4-5-7-9-17/h10-14,17H,4-9H2,1-3H3,(H,24,25,26,27). The summed E-state index contributed by atoms with van der Waals surface area (Å²) in [5, 5.41) is 3.92. The third-order valence-corrected chi connectivity index (χ3v) is 5.82. The van der Waals surface area contributed by atoms with Crippen LogP contribution in [-0.4, -0.2) is 57.5 Å². The summed E-state index contributed by atoms with van der Waals surface area (Å²) in [6.07, 6.45) is 9.96. The molecule has 9 heteroatoms. The maximum Gasteiger partial charge on any atom is 0.339 e. The molecule has 0 aromatic carbocycles. The fourth-order valence-corrected chi connectivity index (χ4v) is 4.17. The Morgan fingerprint density at radius 3 is 2.47 bits per heavy atom. The molecule has 1 aliphatic rings. The Bertz CT molecular complexity index is 1110. The Kier molecular flexibility index (Phi) is 6.34. The van der Waals surface area contributed by atoms with Crippen molar-refractivity contribution in [2.45, 2.75) is 44.6 Å². The molecule has 0 aliphatic heterocycles.